The fraction of sp³-hybridized carbons (Fsp3) is 0.133. The highest BCUT2D eigenvalue weighted by atomic mass is 35.5. The van der Waals surface area contributed by atoms with Crippen LogP contribution in [-0.4, -0.2) is 19.6 Å². The van der Waals surface area contributed by atoms with Gasteiger partial charge in [-0.25, -0.2) is 0 Å². The van der Waals surface area contributed by atoms with Gasteiger partial charge in [-0.2, -0.15) is 0 Å². The molecule has 2 aromatic carbocycles. The van der Waals surface area contributed by atoms with Crippen molar-refractivity contribution in [2.75, 3.05) is 24.8 Å². The molecular formula is C15H15ClN2O3. The molecule has 1 amide bonds. The summed E-state index contributed by atoms with van der Waals surface area (Å²) in [5.41, 5.74) is 6.63. The van der Waals surface area contributed by atoms with E-state index >= 15 is 0 Å². The summed E-state index contributed by atoms with van der Waals surface area (Å²) in [5.74, 6) is 0.773. The Morgan fingerprint density at radius 2 is 1.95 bits per heavy atom. The van der Waals surface area contributed by atoms with Crippen LogP contribution in [0.2, 0.25) is 5.02 Å². The number of anilines is 2. The van der Waals surface area contributed by atoms with E-state index in [9.17, 15) is 4.79 Å². The van der Waals surface area contributed by atoms with Gasteiger partial charge in [0.15, 0.2) is 18.1 Å². The number of hydrogen-bond acceptors (Lipinski definition) is 4. The van der Waals surface area contributed by atoms with Crippen molar-refractivity contribution in [3.8, 4) is 11.5 Å². The van der Waals surface area contributed by atoms with Crippen LogP contribution < -0.4 is 20.5 Å². The second-order valence-electron chi connectivity index (χ2n) is 4.22. The van der Waals surface area contributed by atoms with Crippen molar-refractivity contribution in [2.24, 2.45) is 0 Å². The summed E-state index contributed by atoms with van der Waals surface area (Å²) < 4.78 is 10.6. The van der Waals surface area contributed by atoms with Crippen LogP contribution in [0.4, 0.5) is 11.4 Å². The molecule has 21 heavy (non-hydrogen) atoms. The van der Waals surface area contributed by atoms with E-state index in [4.69, 9.17) is 26.8 Å². The zero-order valence-electron chi connectivity index (χ0n) is 11.4. The third-order valence-electron chi connectivity index (χ3n) is 2.71. The minimum Gasteiger partial charge on any atom is -0.493 e. The number of methoxy groups -OCH3 is 1. The fourth-order valence-electron chi connectivity index (χ4n) is 1.70. The summed E-state index contributed by atoms with van der Waals surface area (Å²) in [6, 6.07) is 12.0. The van der Waals surface area contributed by atoms with Gasteiger partial charge in [0.05, 0.1) is 17.8 Å². The number of carbonyl (C=O) groups is 1. The van der Waals surface area contributed by atoms with E-state index in [1.165, 1.54) is 0 Å². The Morgan fingerprint density at radius 1 is 1.24 bits per heavy atom. The minimum atomic E-state index is -0.303. The number of amides is 1. The van der Waals surface area contributed by atoms with Gasteiger partial charge < -0.3 is 20.5 Å². The van der Waals surface area contributed by atoms with Crippen molar-refractivity contribution < 1.29 is 14.3 Å². The lowest BCUT2D eigenvalue weighted by atomic mass is 10.3. The van der Waals surface area contributed by atoms with Gasteiger partial charge in [0.25, 0.3) is 5.91 Å². The molecule has 2 rings (SSSR count). The maximum absolute atomic E-state index is 11.8. The third kappa shape index (κ3) is 4.03. The van der Waals surface area contributed by atoms with Crippen LogP contribution in [0.1, 0.15) is 0 Å². The molecule has 0 aromatic heterocycles. The van der Waals surface area contributed by atoms with Crippen LogP contribution in [0.15, 0.2) is 42.5 Å². The Balaban J connectivity index is 1.94. The third-order valence-corrected chi connectivity index (χ3v) is 3.05. The zero-order valence-corrected chi connectivity index (χ0v) is 12.2. The Morgan fingerprint density at radius 3 is 2.62 bits per heavy atom. The number of rotatable bonds is 5. The number of halogens is 1. The molecule has 0 bridgehead atoms. The summed E-state index contributed by atoms with van der Waals surface area (Å²) in [7, 11) is 1.54. The summed E-state index contributed by atoms with van der Waals surface area (Å²) >= 11 is 5.82. The van der Waals surface area contributed by atoms with Gasteiger partial charge >= 0.3 is 0 Å². The zero-order chi connectivity index (χ0) is 15.2. The molecule has 110 valence electrons. The van der Waals surface area contributed by atoms with Gasteiger partial charge in [-0.15, -0.1) is 0 Å². The molecule has 0 saturated heterocycles. The fourth-order valence-corrected chi connectivity index (χ4v) is 1.82. The van der Waals surface area contributed by atoms with Gasteiger partial charge in [0, 0.05) is 5.69 Å². The molecule has 0 unspecified atom stereocenters. The molecule has 5 nitrogen and oxygen atoms in total. The van der Waals surface area contributed by atoms with Crippen LogP contribution in [0.5, 0.6) is 11.5 Å². The molecular weight excluding hydrogens is 292 g/mol. The van der Waals surface area contributed by atoms with Crippen molar-refractivity contribution in [1.82, 2.24) is 0 Å². The largest absolute Gasteiger partial charge is 0.493 e. The number of benzene rings is 2. The van der Waals surface area contributed by atoms with Crippen molar-refractivity contribution in [2.45, 2.75) is 0 Å². The summed E-state index contributed by atoms with van der Waals surface area (Å²) in [4.78, 5) is 11.8. The normalized spacial score (nSPS) is 10.0. The molecule has 2 aromatic rings. The number of nitrogens with two attached hydrogens (primary N) is 1. The van der Waals surface area contributed by atoms with E-state index < -0.39 is 0 Å². The maximum Gasteiger partial charge on any atom is 0.262 e. The number of hydrogen-bond donors (Lipinski definition) is 2. The van der Waals surface area contributed by atoms with Crippen LogP contribution in [0, 0.1) is 0 Å². The monoisotopic (exact) mass is 306 g/mol. The number of nitrogen functional groups attached to an aromatic ring is 1. The van der Waals surface area contributed by atoms with Crippen molar-refractivity contribution in [3.63, 3.8) is 0 Å². The highest BCUT2D eigenvalue weighted by Crippen LogP contribution is 2.26. The van der Waals surface area contributed by atoms with E-state index in [0.29, 0.717) is 27.9 Å². The molecule has 0 spiro atoms. The van der Waals surface area contributed by atoms with E-state index in [1.54, 1.807) is 43.5 Å². The molecule has 0 heterocycles. The van der Waals surface area contributed by atoms with Crippen molar-refractivity contribution >= 4 is 28.9 Å². The Kier molecular flexibility index (Phi) is 4.90. The SMILES string of the molecule is COc1ccccc1OCC(=O)Nc1ccc(Cl)c(N)c1. The number of carbonyl (C=O) groups excluding carboxylic acids is 1. The lowest BCUT2D eigenvalue weighted by molar-refractivity contribution is -0.118. The van der Waals surface area contributed by atoms with Gasteiger partial charge in [-0.1, -0.05) is 23.7 Å². The minimum absolute atomic E-state index is 0.136. The average Bonchev–Trinajstić information content (AvgIpc) is 2.49. The van der Waals surface area contributed by atoms with Crippen LogP contribution in [0.3, 0.4) is 0 Å². The first kappa shape index (κ1) is 15.0. The first-order valence-electron chi connectivity index (χ1n) is 6.21. The number of para-hydroxylation sites is 2. The van der Waals surface area contributed by atoms with E-state index in [1.807, 2.05) is 6.07 Å². The molecule has 0 atom stereocenters. The van der Waals surface area contributed by atoms with Gasteiger partial charge in [-0.05, 0) is 30.3 Å². The lowest BCUT2D eigenvalue weighted by Gasteiger charge is -2.11. The number of ether oxygens (including phenoxy) is 2. The van der Waals surface area contributed by atoms with Gasteiger partial charge in [0.2, 0.25) is 0 Å². The van der Waals surface area contributed by atoms with Crippen LogP contribution >= 0.6 is 11.6 Å². The number of nitrogens with one attached hydrogen (secondary N) is 1. The van der Waals surface area contributed by atoms with Crippen molar-refractivity contribution in [1.29, 1.82) is 0 Å². The first-order valence-corrected chi connectivity index (χ1v) is 6.58. The van der Waals surface area contributed by atoms with Gasteiger partial charge in [-0.3, -0.25) is 4.79 Å². The maximum atomic E-state index is 11.8. The molecule has 0 saturated carbocycles. The molecule has 0 fully saturated rings. The first-order chi connectivity index (χ1) is 10.1. The molecule has 0 aliphatic rings. The van der Waals surface area contributed by atoms with E-state index in [-0.39, 0.29) is 12.5 Å². The lowest BCUT2D eigenvalue weighted by Crippen LogP contribution is -2.20. The Bertz CT molecular complexity index is 647. The molecule has 6 heteroatoms. The highest BCUT2D eigenvalue weighted by Gasteiger charge is 2.08. The molecule has 0 radical (unpaired) electrons. The topological polar surface area (TPSA) is 73.6 Å². The average molecular weight is 307 g/mol. The summed E-state index contributed by atoms with van der Waals surface area (Å²) in [6.45, 7) is -0.136. The van der Waals surface area contributed by atoms with Crippen molar-refractivity contribution in [3.05, 3.63) is 47.5 Å². The van der Waals surface area contributed by atoms with Crippen LogP contribution in [-0.2, 0) is 4.79 Å². The Hall–Kier alpha value is -2.40. The predicted molar refractivity (Wildman–Crippen MR) is 83.0 cm³/mol. The second-order valence-corrected chi connectivity index (χ2v) is 4.63. The van der Waals surface area contributed by atoms with Gasteiger partial charge in [0.1, 0.15) is 0 Å². The van der Waals surface area contributed by atoms with E-state index in [2.05, 4.69) is 5.32 Å². The molecule has 0 aliphatic heterocycles. The van der Waals surface area contributed by atoms with E-state index in [0.717, 1.165) is 0 Å². The highest BCUT2D eigenvalue weighted by molar-refractivity contribution is 6.33. The predicted octanol–water partition coefficient (Wildman–Crippen LogP) is 2.95. The standard InChI is InChI=1S/C15H15ClN2O3/c1-20-13-4-2-3-5-14(13)21-9-15(19)18-10-6-7-11(16)12(17)8-10/h2-8H,9,17H2,1H3,(H,18,19). The molecule has 0 aliphatic carbocycles. The molecule has 3 N–H and O–H groups in total. The summed E-state index contributed by atoms with van der Waals surface area (Å²) in [5, 5.41) is 3.12. The van der Waals surface area contributed by atoms with Crippen LogP contribution in [0.25, 0.3) is 0 Å². The Labute approximate surface area is 127 Å². The quantitative estimate of drug-likeness (QED) is 0.833. The smallest absolute Gasteiger partial charge is 0.262 e. The summed E-state index contributed by atoms with van der Waals surface area (Å²) in [6.07, 6.45) is 0. The second kappa shape index (κ2) is 6.85.